The minimum Gasteiger partial charge on any atom is -0.481 e. The van der Waals surface area contributed by atoms with E-state index in [9.17, 15) is 9.90 Å². The number of benzene rings is 2. The number of carboxylic acid groups (broad SMARTS) is 1. The fourth-order valence-electron chi connectivity index (χ4n) is 2.86. The summed E-state index contributed by atoms with van der Waals surface area (Å²) in [4.78, 5) is 11.4. The first-order valence-electron chi connectivity index (χ1n) is 6.29. The van der Waals surface area contributed by atoms with E-state index in [0.717, 1.165) is 11.1 Å². The Morgan fingerprint density at radius 2 is 1.35 bits per heavy atom. The van der Waals surface area contributed by atoms with Crippen molar-refractivity contribution in [3.05, 3.63) is 69.7 Å². The lowest BCUT2D eigenvalue weighted by Crippen LogP contribution is -2.16. The molecule has 1 saturated carbocycles. The maximum absolute atomic E-state index is 11.4. The fourth-order valence-corrected chi connectivity index (χ4v) is 3.11. The van der Waals surface area contributed by atoms with E-state index in [4.69, 9.17) is 23.2 Å². The van der Waals surface area contributed by atoms with Crippen molar-refractivity contribution >= 4 is 29.2 Å². The average Bonchev–Trinajstić information content (AvgIpc) is 3.17. The van der Waals surface area contributed by atoms with Crippen LogP contribution in [-0.4, -0.2) is 11.1 Å². The molecule has 2 aromatic carbocycles. The highest BCUT2D eigenvalue weighted by atomic mass is 35.5. The van der Waals surface area contributed by atoms with Crippen molar-refractivity contribution < 1.29 is 9.90 Å². The summed E-state index contributed by atoms with van der Waals surface area (Å²) in [5.41, 5.74) is 1.51. The largest absolute Gasteiger partial charge is 0.481 e. The minimum atomic E-state index is -0.769. The van der Waals surface area contributed by atoms with Crippen LogP contribution < -0.4 is 0 Å². The van der Waals surface area contributed by atoms with Gasteiger partial charge < -0.3 is 5.11 Å². The summed E-state index contributed by atoms with van der Waals surface area (Å²) in [6, 6.07) is 14.8. The third kappa shape index (κ3) is 2.09. The lowest BCUT2D eigenvalue weighted by atomic mass is 9.86. The molecule has 0 amide bonds. The zero-order valence-corrected chi connectivity index (χ0v) is 12.0. The van der Waals surface area contributed by atoms with Crippen LogP contribution >= 0.6 is 23.2 Å². The van der Waals surface area contributed by atoms with Crippen LogP contribution in [0.4, 0.5) is 0 Å². The number of aliphatic carboxylic acids is 1. The molecule has 2 nitrogen and oxygen atoms in total. The van der Waals surface area contributed by atoms with Gasteiger partial charge >= 0.3 is 5.97 Å². The van der Waals surface area contributed by atoms with Crippen molar-refractivity contribution in [2.75, 3.05) is 0 Å². The number of halogens is 2. The Balaban J connectivity index is 2.09. The van der Waals surface area contributed by atoms with E-state index in [1.54, 1.807) is 24.3 Å². The number of rotatable bonds is 3. The van der Waals surface area contributed by atoms with Crippen LogP contribution in [0.1, 0.15) is 17.5 Å². The van der Waals surface area contributed by atoms with Crippen molar-refractivity contribution in [3.63, 3.8) is 0 Å². The van der Waals surface area contributed by atoms with Crippen molar-refractivity contribution in [3.8, 4) is 0 Å². The third-order valence-corrected chi connectivity index (χ3v) is 4.48. The SMILES string of the molecule is O=C(O)[C@H]1CC1(c1ccc(Cl)cc1)c1ccc(Cl)cc1. The Kier molecular flexibility index (Phi) is 3.23. The van der Waals surface area contributed by atoms with E-state index in [-0.39, 0.29) is 0 Å². The molecule has 0 aliphatic heterocycles. The van der Waals surface area contributed by atoms with E-state index in [2.05, 4.69) is 0 Å². The smallest absolute Gasteiger partial charge is 0.307 e. The second-order valence-corrected chi connectivity index (χ2v) is 5.95. The molecule has 0 saturated heterocycles. The van der Waals surface area contributed by atoms with Crippen LogP contribution in [0.2, 0.25) is 10.0 Å². The Labute approximate surface area is 127 Å². The zero-order valence-electron chi connectivity index (χ0n) is 10.5. The van der Waals surface area contributed by atoms with Gasteiger partial charge in [0.1, 0.15) is 0 Å². The molecule has 0 radical (unpaired) electrons. The standard InChI is InChI=1S/C16H12Cl2O2/c17-12-5-1-10(2-6-12)16(9-14(16)15(19)20)11-3-7-13(18)8-4-11/h1-8,14H,9H2,(H,19,20)/t14-/m1/s1. The molecule has 1 aliphatic rings. The van der Waals surface area contributed by atoms with Gasteiger partial charge in [-0.25, -0.2) is 0 Å². The molecule has 20 heavy (non-hydrogen) atoms. The van der Waals surface area contributed by atoms with Crippen molar-refractivity contribution in [2.45, 2.75) is 11.8 Å². The molecule has 0 spiro atoms. The summed E-state index contributed by atoms with van der Waals surface area (Å²) in [5, 5.41) is 10.7. The molecule has 1 atom stereocenters. The van der Waals surface area contributed by atoms with Gasteiger partial charge in [0.05, 0.1) is 5.92 Å². The van der Waals surface area contributed by atoms with Crippen LogP contribution in [-0.2, 0) is 10.2 Å². The van der Waals surface area contributed by atoms with Gasteiger partial charge in [0.25, 0.3) is 0 Å². The van der Waals surface area contributed by atoms with E-state index < -0.39 is 17.3 Å². The van der Waals surface area contributed by atoms with Gasteiger partial charge in [0.2, 0.25) is 0 Å². The average molecular weight is 307 g/mol. The first kappa shape index (κ1) is 13.5. The molecule has 0 bridgehead atoms. The normalized spacial score (nSPS) is 19.6. The summed E-state index contributed by atoms with van der Waals surface area (Å²) in [7, 11) is 0. The molecule has 102 valence electrons. The molecule has 2 aromatic rings. The van der Waals surface area contributed by atoms with E-state index in [1.165, 1.54) is 0 Å². The summed E-state index contributed by atoms with van der Waals surface area (Å²) in [5.74, 6) is -1.17. The van der Waals surface area contributed by atoms with Gasteiger partial charge in [0.15, 0.2) is 0 Å². The van der Waals surface area contributed by atoms with Crippen molar-refractivity contribution in [1.29, 1.82) is 0 Å². The molecule has 0 heterocycles. The summed E-state index contributed by atoms with van der Waals surface area (Å²) in [6.45, 7) is 0. The van der Waals surface area contributed by atoms with Crippen LogP contribution in [0.25, 0.3) is 0 Å². The number of hydrogen-bond acceptors (Lipinski definition) is 1. The molecule has 1 fully saturated rings. The lowest BCUT2D eigenvalue weighted by Gasteiger charge is -2.18. The first-order valence-corrected chi connectivity index (χ1v) is 7.04. The lowest BCUT2D eigenvalue weighted by molar-refractivity contribution is -0.138. The highest BCUT2D eigenvalue weighted by molar-refractivity contribution is 6.30. The zero-order chi connectivity index (χ0) is 14.3. The molecule has 1 N–H and O–H groups in total. The number of carboxylic acids is 1. The van der Waals surface area contributed by atoms with Crippen LogP contribution in [0.15, 0.2) is 48.5 Å². The number of carbonyl (C=O) groups is 1. The van der Waals surface area contributed by atoms with Crippen LogP contribution in [0.5, 0.6) is 0 Å². The monoisotopic (exact) mass is 306 g/mol. The van der Waals surface area contributed by atoms with Crippen molar-refractivity contribution in [1.82, 2.24) is 0 Å². The predicted molar refractivity (Wildman–Crippen MR) is 79.4 cm³/mol. The fraction of sp³-hybridized carbons (Fsp3) is 0.188. The van der Waals surface area contributed by atoms with E-state index >= 15 is 0 Å². The summed E-state index contributed by atoms with van der Waals surface area (Å²) in [6.07, 6.45) is 0.603. The first-order chi connectivity index (χ1) is 9.54. The second kappa shape index (κ2) is 4.80. The second-order valence-electron chi connectivity index (χ2n) is 5.08. The maximum atomic E-state index is 11.4. The van der Waals surface area contributed by atoms with E-state index in [0.29, 0.717) is 16.5 Å². The molecular formula is C16H12Cl2O2. The highest BCUT2D eigenvalue weighted by Gasteiger charge is 2.60. The third-order valence-electron chi connectivity index (χ3n) is 3.98. The summed E-state index contributed by atoms with van der Waals surface area (Å²) < 4.78 is 0. The molecular weight excluding hydrogens is 295 g/mol. The van der Waals surface area contributed by atoms with Gasteiger partial charge in [-0.2, -0.15) is 0 Å². The highest BCUT2D eigenvalue weighted by Crippen LogP contribution is 2.59. The molecule has 4 heteroatoms. The Bertz CT molecular complexity index is 602. The van der Waals surface area contributed by atoms with Gasteiger partial charge in [-0.15, -0.1) is 0 Å². The molecule has 0 unspecified atom stereocenters. The topological polar surface area (TPSA) is 37.3 Å². The van der Waals surface area contributed by atoms with Gasteiger partial charge in [-0.05, 0) is 41.8 Å². The van der Waals surface area contributed by atoms with Crippen LogP contribution in [0.3, 0.4) is 0 Å². The predicted octanol–water partition coefficient (Wildman–Crippen LogP) is 4.38. The van der Waals surface area contributed by atoms with Gasteiger partial charge in [0, 0.05) is 15.5 Å². The Morgan fingerprint density at radius 3 is 1.65 bits per heavy atom. The quantitative estimate of drug-likeness (QED) is 0.913. The molecule has 1 aliphatic carbocycles. The minimum absolute atomic E-state index is 0.398. The van der Waals surface area contributed by atoms with Crippen molar-refractivity contribution in [2.24, 2.45) is 5.92 Å². The van der Waals surface area contributed by atoms with Crippen LogP contribution in [0, 0.1) is 5.92 Å². The van der Waals surface area contributed by atoms with Gasteiger partial charge in [-0.3, -0.25) is 4.79 Å². The maximum Gasteiger partial charge on any atom is 0.307 e. The molecule has 0 aromatic heterocycles. The Morgan fingerprint density at radius 1 is 0.950 bits per heavy atom. The summed E-state index contributed by atoms with van der Waals surface area (Å²) >= 11 is 11.8. The van der Waals surface area contributed by atoms with Gasteiger partial charge in [-0.1, -0.05) is 47.5 Å². The number of hydrogen-bond donors (Lipinski definition) is 1. The molecule has 3 rings (SSSR count). The van der Waals surface area contributed by atoms with E-state index in [1.807, 2.05) is 24.3 Å². The Hall–Kier alpha value is -1.51.